The summed E-state index contributed by atoms with van der Waals surface area (Å²) in [4.78, 5) is 83.6. The fourth-order valence-electron chi connectivity index (χ4n) is 7.19. The number of fused-ring (bicyclic) bond motifs is 2. The van der Waals surface area contributed by atoms with Crippen molar-refractivity contribution in [3.63, 3.8) is 0 Å². The Morgan fingerprint density at radius 3 is 2.39 bits per heavy atom. The fourth-order valence-corrected chi connectivity index (χ4v) is 7.48. The van der Waals surface area contributed by atoms with Crippen LogP contribution >= 0.6 is 15.9 Å². The number of hydrogen-bond donors (Lipinski definition) is 3. The van der Waals surface area contributed by atoms with E-state index in [9.17, 15) is 28.4 Å². The lowest BCUT2D eigenvalue weighted by Crippen LogP contribution is -2.47. The van der Waals surface area contributed by atoms with E-state index in [-0.39, 0.29) is 97.0 Å². The second-order valence-electron chi connectivity index (χ2n) is 15.4. The number of pyridine rings is 2. The SMILES string of the molecule is CC(=O)c1nn(CC(=O)N2[C@H](C(=O)Nc3nc(Br)c(F)cc3C)C[C@@]3(C)C[C@@H]23)c2cnc(-c3cnc(CCC(=O)COCCOCCNC(=O)COCCOCCN)nc3)cc12. The molecule has 1 aliphatic heterocycles. The Morgan fingerprint density at radius 1 is 0.952 bits per heavy atom. The van der Waals surface area contributed by atoms with Crippen LogP contribution in [0.2, 0.25) is 0 Å². The summed E-state index contributed by atoms with van der Waals surface area (Å²) in [6.07, 6.45) is 6.37. The van der Waals surface area contributed by atoms with Crippen LogP contribution in [-0.2, 0) is 51.1 Å². The van der Waals surface area contributed by atoms with Gasteiger partial charge in [0.25, 0.3) is 0 Å². The minimum absolute atomic E-state index is 0.0330. The van der Waals surface area contributed by atoms with E-state index in [1.165, 1.54) is 23.9 Å². The molecule has 1 aliphatic carbocycles. The van der Waals surface area contributed by atoms with Crippen LogP contribution < -0.4 is 16.4 Å². The van der Waals surface area contributed by atoms with Crippen molar-refractivity contribution in [2.45, 2.75) is 65.1 Å². The van der Waals surface area contributed by atoms with Crippen molar-refractivity contribution in [1.82, 2.24) is 39.9 Å². The van der Waals surface area contributed by atoms with Crippen molar-refractivity contribution < 1.29 is 47.3 Å². The Morgan fingerprint density at radius 2 is 1.66 bits per heavy atom. The maximum Gasteiger partial charge on any atom is 0.248 e. The lowest BCUT2D eigenvalue weighted by molar-refractivity contribution is -0.138. The number of Topliss-reactive ketones (excluding diaryl/α,β-unsaturated/α-hetero) is 2. The number of likely N-dealkylation sites (tertiary alicyclic amines) is 1. The van der Waals surface area contributed by atoms with Gasteiger partial charge >= 0.3 is 0 Å². The number of amides is 3. The number of piperidine rings is 1. The van der Waals surface area contributed by atoms with Crippen molar-refractivity contribution in [3.8, 4) is 11.3 Å². The van der Waals surface area contributed by atoms with E-state index in [0.29, 0.717) is 79.3 Å². The molecule has 2 aliphatic rings. The van der Waals surface area contributed by atoms with E-state index in [2.05, 4.69) is 51.6 Å². The topological polar surface area (TPSA) is 245 Å². The molecule has 5 heterocycles. The number of nitrogens with zero attached hydrogens (tertiary/aromatic N) is 7. The Balaban J connectivity index is 0.965. The monoisotopic (exact) mass is 924 g/mol. The smallest absolute Gasteiger partial charge is 0.248 e. The first-order valence-electron chi connectivity index (χ1n) is 20.2. The van der Waals surface area contributed by atoms with Gasteiger partial charge in [0.2, 0.25) is 17.7 Å². The Kier molecular flexibility index (Phi) is 15.9. The quantitative estimate of drug-likeness (QED) is 0.0519. The number of nitrogens with one attached hydrogen (secondary N) is 2. The molecular formula is C41H50BrFN10O9. The third-order valence-corrected chi connectivity index (χ3v) is 11.1. The maximum atomic E-state index is 14.0. The molecule has 0 spiro atoms. The summed E-state index contributed by atoms with van der Waals surface area (Å²) in [5.74, 6) is -1.36. The van der Waals surface area contributed by atoms with Crippen molar-refractivity contribution in [2.75, 3.05) is 71.3 Å². The molecule has 4 aromatic heterocycles. The van der Waals surface area contributed by atoms with Gasteiger partial charge in [0.1, 0.15) is 47.7 Å². The second kappa shape index (κ2) is 21.3. The molecule has 62 heavy (non-hydrogen) atoms. The molecule has 332 valence electrons. The number of halogens is 2. The Hall–Kier alpha value is -5.19. The number of hydrogen-bond acceptors (Lipinski definition) is 15. The molecule has 0 aromatic carbocycles. The van der Waals surface area contributed by atoms with Crippen molar-refractivity contribution >= 4 is 61.9 Å². The summed E-state index contributed by atoms with van der Waals surface area (Å²) in [6, 6.07) is 2.05. The Bertz CT molecular complexity index is 2280. The number of ether oxygens (including phenoxy) is 4. The van der Waals surface area contributed by atoms with Crippen LogP contribution in [0.3, 0.4) is 0 Å². The third kappa shape index (κ3) is 11.8. The number of carbonyl (C=O) groups is 5. The average molecular weight is 926 g/mol. The van der Waals surface area contributed by atoms with Gasteiger partial charge in [0, 0.05) is 62.2 Å². The van der Waals surface area contributed by atoms with E-state index in [1.807, 2.05) is 6.92 Å². The molecule has 0 bridgehead atoms. The van der Waals surface area contributed by atoms with Crippen LogP contribution in [0.5, 0.6) is 0 Å². The highest BCUT2D eigenvalue weighted by molar-refractivity contribution is 9.10. The van der Waals surface area contributed by atoms with Gasteiger partial charge in [0.15, 0.2) is 17.4 Å². The first-order chi connectivity index (χ1) is 29.8. The molecular weight excluding hydrogens is 875 g/mol. The summed E-state index contributed by atoms with van der Waals surface area (Å²) in [6.45, 7) is 7.26. The maximum absolute atomic E-state index is 14.0. The highest BCUT2D eigenvalue weighted by atomic mass is 79.9. The minimum atomic E-state index is -0.778. The molecule has 19 nitrogen and oxygen atoms in total. The van der Waals surface area contributed by atoms with E-state index < -0.39 is 17.8 Å². The number of aryl methyl sites for hydroxylation is 2. The number of carbonyl (C=O) groups excluding carboxylic acids is 5. The van der Waals surface area contributed by atoms with Gasteiger partial charge in [-0.1, -0.05) is 6.92 Å². The zero-order chi connectivity index (χ0) is 44.4. The van der Waals surface area contributed by atoms with Gasteiger partial charge in [-0.3, -0.25) is 33.6 Å². The minimum Gasteiger partial charge on any atom is -0.378 e. The van der Waals surface area contributed by atoms with Gasteiger partial charge in [-0.05, 0) is 58.8 Å². The molecule has 6 rings (SSSR count). The number of rotatable bonds is 24. The predicted molar refractivity (Wildman–Crippen MR) is 224 cm³/mol. The molecule has 0 unspecified atom stereocenters. The molecule has 4 aromatic rings. The Labute approximate surface area is 365 Å². The first kappa shape index (κ1) is 46.3. The molecule has 1 saturated carbocycles. The van der Waals surface area contributed by atoms with Crippen molar-refractivity contribution in [3.05, 3.63) is 58.2 Å². The molecule has 0 radical (unpaired) electrons. The largest absolute Gasteiger partial charge is 0.378 e. The average Bonchev–Trinajstić information content (AvgIpc) is 3.61. The van der Waals surface area contributed by atoms with Crippen LogP contribution in [0, 0.1) is 18.2 Å². The van der Waals surface area contributed by atoms with Gasteiger partial charge in [-0.25, -0.2) is 19.3 Å². The van der Waals surface area contributed by atoms with Gasteiger partial charge < -0.3 is 40.2 Å². The van der Waals surface area contributed by atoms with E-state index in [1.54, 1.807) is 30.3 Å². The van der Waals surface area contributed by atoms with Crippen LogP contribution in [0.1, 0.15) is 55.0 Å². The number of ketones is 2. The van der Waals surface area contributed by atoms with Gasteiger partial charge in [-0.15, -0.1) is 0 Å². The zero-order valence-electron chi connectivity index (χ0n) is 34.8. The summed E-state index contributed by atoms with van der Waals surface area (Å²) >= 11 is 3.06. The molecule has 2 fully saturated rings. The summed E-state index contributed by atoms with van der Waals surface area (Å²) < 4.78 is 36.6. The van der Waals surface area contributed by atoms with Crippen LogP contribution in [0.15, 0.2) is 35.3 Å². The van der Waals surface area contributed by atoms with Gasteiger partial charge in [-0.2, -0.15) is 5.10 Å². The summed E-state index contributed by atoms with van der Waals surface area (Å²) in [5.41, 5.74) is 7.21. The molecule has 4 N–H and O–H groups in total. The van der Waals surface area contributed by atoms with Crippen LogP contribution in [0.4, 0.5) is 10.2 Å². The lowest BCUT2D eigenvalue weighted by atomic mass is 10.0. The van der Waals surface area contributed by atoms with Gasteiger partial charge in [0.05, 0.1) is 57.0 Å². The van der Waals surface area contributed by atoms with E-state index in [4.69, 9.17) is 24.7 Å². The van der Waals surface area contributed by atoms with Crippen LogP contribution in [-0.4, -0.2) is 142 Å². The molecule has 1 saturated heterocycles. The highest BCUT2D eigenvalue weighted by Crippen LogP contribution is 2.59. The molecule has 3 atom stereocenters. The third-order valence-electron chi connectivity index (χ3n) is 10.5. The summed E-state index contributed by atoms with van der Waals surface area (Å²) in [5, 5.41) is 10.4. The number of anilines is 1. The molecule has 21 heteroatoms. The van der Waals surface area contributed by atoms with Crippen molar-refractivity contribution in [2.24, 2.45) is 11.1 Å². The standard InChI is InChI=1S/C41H50BrFN10O9/c1-24-14-29(43)38(42)49-39(24)50-40(58)31-16-41(3)17-33(41)53(31)36(57)21-52-32-20-46-30(15-28(32)37(51-52)25(2)54)26-18-47-34(48-19-26)5-4-27(55)22-61-12-11-60-9-7-45-35(56)23-62-13-10-59-8-6-44/h14-15,18-20,31,33H,4-13,16-17,21-23,44H2,1-3H3,(H,45,56)(H,49,50,58)/t31-,33+,41-/m0/s1. The van der Waals surface area contributed by atoms with Crippen molar-refractivity contribution in [1.29, 1.82) is 0 Å². The van der Waals surface area contributed by atoms with E-state index >= 15 is 0 Å². The van der Waals surface area contributed by atoms with Crippen LogP contribution in [0.25, 0.3) is 22.2 Å². The highest BCUT2D eigenvalue weighted by Gasteiger charge is 2.64. The predicted octanol–water partition coefficient (Wildman–Crippen LogP) is 2.36. The second-order valence-corrected chi connectivity index (χ2v) is 16.1. The first-order valence-corrected chi connectivity index (χ1v) is 21.0. The summed E-state index contributed by atoms with van der Waals surface area (Å²) in [7, 11) is 0. The fraction of sp³-hybridized carbons (Fsp3) is 0.512. The molecule has 3 amide bonds. The van der Waals surface area contributed by atoms with E-state index in [0.717, 1.165) is 6.42 Å². The zero-order valence-corrected chi connectivity index (χ0v) is 36.4. The normalized spacial score (nSPS) is 17.9. The number of nitrogens with two attached hydrogens (primary N) is 1. The number of aromatic nitrogens is 6. The lowest BCUT2D eigenvalue weighted by Gasteiger charge is -2.27.